The van der Waals surface area contributed by atoms with Crippen molar-refractivity contribution in [3.05, 3.63) is 40.9 Å². The molecule has 5 nitrogen and oxygen atoms in total. The Labute approximate surface area is 147 Å². The van der Waals surface area contributed by atoms with Gasteiger partial charge in [-0.1, -0.05) is 31.4 Å². The van der Waals surface area contributed by atoms with Crippen LogP contribution in [-0.2, 0) is 0 Å². The number of benzene rings is 2. The first-order valence-electron chi connectivity index (χ1n) is 6.94. The van der Waals surface area contributed by atoms with Gasteiger partial charge in [0, 0.05) is 17.7 Å². The molecule has 0 N–H and O–H groups in total. The molecule has 0 unspecified atom stereocenters. The highest BCUT2D eigenvalue weighted by Crippen LogP contribution is 2.32. The number of rotatable bonds is 6. The Morgan fingerprint density at radius 3 is 2.00 bits per heavy atom. The van der Waals surface area contributed by atoms with Crippen LogP contribution in [0.15, 0.2) is 30.3 Å². The van der Waals surface area contributed by atoms with E-state index < -0.39 is 0 Å². The smallest absolute Gasteiger partial charge is 0.138 e. The van der Waals surface area contributed by atoms with E-state index in [1.165, 1.54) is 21.3 Å². The highest BCUT2D eigenvalue weighted by Gasteiger charge is 2.13. The lowest BCUT2D eigenvalue weighted by Gasteiger charge is -2.19. The lowest BCUT2D eigenvalue weighted by molar-refractivity contribution is -0.207. The van der Waals surface area contributed by atoms with Crippen LogP contribution in [0.3, 0.4) is 0 Å². The Bertz CT molecular complexity index is 736. The van der Waals surface area contributed by atoms with Gasteiger partial charge in [-0.25, -0.2) is 0 Å². The van der Waals surface area contributed by atoms with Gasteiger partial charge in [-0.2, -0.15) is 0 Å². The molecular weight excluding hydrogens is 351 g/mol. The average molecular weight is 368 g/mol. The van der Waals surface area contributed by atoms with Crippen LogP contribution < -0.4 is 29.4 Å². The summed E-state index contributed by atoms with van der Waals surface area (Å²) in [5.41, 5.74) is 0.0995. The van der Waals surface area contributed by atoms with Crippen molar-refractivity contribution in [3.63, 3.8) is 0 Å². The standard InChI is InChI=1S/C17H18ClO5P/c1-20-10-8-13(22-3)16(14(9-10)23-4)24-17(19)15-11(18)6-5-7-12(15)21-2/h5-9,19H,1-4H3/p-1. The summed E-state index contributed by atoms with van der Waals surface area (Å²) in [6.07, 6.45) is 0. The van der Waals surface area contributed by atoms with Crippen molar-refractivity contribution in [2.24, 2.45) is 0 Å². The summed E-state index contributed by atoms with van der Waals surface area (Å²) in [5.74, 6) is 1.98. The predicted octanol–water partition coefficient (Wildman–Crippen LogP) is 2.48. The van der Waals surface area contributed by atoms with E-state index in [4.69, 9.17) is 30.5 Å². The van der Waals surface area contributed by atoms with Crippen LogP contribution in [0.2, 0.25) is 5.02 Å². The zero-order valence-electron chi connectivity index (χ0n) is 13.8. The highest BCUT2D eigenvalue weighted by molar-refractivity contribution is 7.49. The third-order valence-electron chi connectivity index (χ3n) is 3.31. The van der Waals surface area contributed by atoms with Crippen molar-refractivity contribution in [1.29, 1.82) is 0 Å². The molecule has 0 saturated heterocycles. The normalized spacial score (nSPS) is 11.2. The third kappa shape index (κ3) is 3.75. The second kappa shape index (κ2) is 8.25. The molecule has 0 bridgehead atoms. The van der Waals surface area contributed by atoms with Gasteiger partial charge in [0.15, 0.2) is 0 Å². The fourth-order valence-corrected chi connectivity index (χ4v) is 3.53. The molecule has 0 spiro atoms. The molecule has 0 saturated carbocycles. The number of hydrogen-bond donors (Lipinski definition) is 0. The van der Waals surface area contributed by atoms with Gasteiger partial charge in [-0.15, -0.1) is 0 Å². The zero-order valence-corrected chi connectivity index (χ0v) is 15.4. The average Bonchev–Trinajstić information content (AvgIpc) is 2.61. The molecule has 0 aromatic heterocycles. The zero-order chi connectivity index (χ0) is 17.7. The summed E-state index contributed by atoms with van der Waals surface area (Å²) in [6, 6.07) is 8.46. The molecule has 0 aliphatic heterocycles. The summed E-state index contributed by atoms with van der Waals surface area (Å²) in [4.78, 5) is 0. The van der Waals surface area contributed by atoms with E-state index in [1.807, 2.05) is 0 Å². The van der Waals surface area contributed by atoms with Crippen LogP contribution in [-0.4, -0.2) is 33.9 Å². The van der Waals surface area contributed by atoms with Gasteiger partial charge in [0.1, 0.15) is 23.0 Å². The maximum absolute atomic E-state index is 12.8. The molecule has 2 aromatic carbocycles. The molecule has 0 atom stereocenters. The Balaban J connectivity index is 2.63. The molecule has 2 rings (SSSR count). The Morgan fingerprint density at radius 2 is 1.50 bits per heavy atom. The van der Waals surface area contributed by atoms with Gasteiger partial charge in [0.25, 0.3) is 0 Å². The van der Waals surface area contributed by atoms with Crippen LogP contribution >= 0.6 is 19.8 Å². The minimum atomic E-state index is -0.223. The first kappa shape index (κ1) is 18.4. The van der Waals surface area contributed by atoms with Gasteiger partial charge in [-0.3, -0.25) is 0 Å². The summed E-state index contributed by atoms with van der Waals surface area (Å²) in [6.45, 7) is 0. The summed E-state index contributed by atoms with van der Waals surface area (Å²) in [5, 5.41) is 13.7. The molecule has 0 amide bonds. The summed E-state index contributed by atoms with van der Waals surface area (Å²) in [7, 11) is 6.44. The predicted molar refractivity (Wildman–Crippen MR) is 94.8 cm³/mol. The van der Waals surface area contributed by atoms with E-state index in [0.29, 0.717) is 47.1 Å². The number of hydrogen-bond acceptors (Lipinski definition) is 5. The van der Waals surface area contributed by atoms with E-state index in [1.54, 1.807) is 37.4 Å². The molecule has 24 heavy (non-hydrogen) atoms. The minimum absolute atomic E-state index is 0.223. The van der Waals surface area contributed by atoms with Crippen molar-refractivity contribution in [1.82, 2.24) is 0 Å². The van der Waals surface area contributed by atoms with Crippen molar-refractivity contribution in [3.8, 4) is 23.0 Å². The van der Waals surface area contributed by atoms with E-state index >= 15 is 0 Å². The lowest BCUT2D eigenvalue weighted by atomic mass is 10.2. The number of ether oxygens (including phenoxy) is 4. The van der Waals surface area contributed by atoms with E-state index in [0.717, 1.165) is 0 Å². The van der Waals surface area contributed by atoms with Crippen molar-refractivity contribution < 1.29 is 24.1 Å². The Morgan fingerprint density at radius 1 is 0.917 bits per heavy atom. The number of methoxy groups -OCH3 is 4. The van der Waals surface area contributed by atoms with Crippen LogP contribution in [0.25, 0.3) is 0 Å². The van der Waals surface area contributed by atoms with Gasteiger partial charge < -0.3 is 24.1 Å². The summed E-state index contributed by atoms with van der Waals surface area (Å²) < 4.78 is 21.2. The van der Waals surface area contributed by atoms with Crippen LogP contribution in [0.1, 0.15) is 5.56 Å². The first-order valence-corrected chi connectivity index (χ1v) is 8.21. The largest absolute Gasteiger partial charge is 0.823 e. The maximum atomic E-state index is 12.8. The lowest BCUT2D eigenvalue weighted by Crippen LogP contribution is -2.20. The fourth-order valence-electron chi connectivity index (χ4n) is 2.14. The highest BCUT2D eigenvalue weighted by atomic mass is 35.5. The minimum Gasteiger partial charge on any atom is -0.823 e. The molecule has 7 heteroatoms. The van der Waals surface area contributed by atoms with Crippen LogP contribution in [0.4, 0.5) is 0 Å². The van der Waals surface area contributed by atoms with Gasteiger partial charge in [0.05, 0.1) is 38.8 Å². The molecule has 128 valence electrons. The molecule has 0 aliphatic carbocycles. The van der Waals surface area contributed by atoms with Crippen molar-refractivity contribution >= 4 is 30.6 Å². The van der Waals surface area contributed by atoms with E-state index in [-0.39, 0.29) is 5.48 Å². The summed E-state index contributed by atoms with van der Waals surface area (Å²) >= 11 is 6.18. The molecule has 0 radical (unpaired) electrons. The molecule has 0 fully saturated rings. The topological polar surface area (TPSA) is 60.0 Å². The second-order valence-corrected chi connectivity index (χ2v) is 6.10. The molecular formula is C17H17ClO5P-. The van der Waals surface area contributed by atoms with E-state index in [2.05, 4.69) is 0 Å². The maximum Gasteiger partial charge on any atom is 0.138 e. The third-order valence-corrected chi connectivity index (χ3v) is 4.72. The Hall–Kier alpha value is -1.94. The quantitative estimate of drug-likeness (QED) is 0.734. The van der Waals surface area contributed by atoms with Gasteiger partial charge in [-0.05, 0) is 12.1 Å². The van der Waals surface area contributed by atoms with Crippen LogP contribution in [0, 0.1) is 0 Å². The second-order valence-electron chi connectivity index (χ2n) is 4.61. The SMILES string of the molecule is COc1cc(OC)c(P=C([O-])c2c(Cl)cccc2OC)c(OC)c1. The van der Waals surface area contributed by atoms with E-state index in [9.17, 15) is 5.11 Å². The monoisotopic (exact) mass is 367 g/mol. The van der Waals surface area contributed by atoms with Gasteiger partial charge in [0.2, 0.25) is 0 Å². The number of halogens is 1. The first-order chi connectivity index (χ1) is 11.5. The van der Waals surface area contributed by atoms with Crippen LogP contribution in [0.5, 0.6) is 23.0 Å². The van der Waals surface area contributed by atoms with Crippen molar-refractivity contribution in [2.45, 2.75) is 0 Å². The Kier molecular flexibility index (Phi) is 6.32. The van der Waals surface area contributed by atoms with Crippen molar-refractivity contribution in [2.75, 3.05) is 28.4 Å². The molecule has 0 heterocycles. The molecule has 0 aliphatic rings. The van der Waals surface area contributed by atoms with Gasteiger partial charge >= 0.3 is 0 Å². The molecule has 2 aromatic rings. The fraction of sp³-hybridized carbons (Fsp3) is 0.235.